The molecule has 0 aliphatic rings. The van der Waals surface area contributed by atoms with Crippen LogP contribution in [0.3, 0.4) is 0 Å². The first-order valence-electron chi connectivity index (χ1n) is 9.16. The predicted octanol–water partition coefficient (Wildman–Crippen LogP) is 3.76. The van der Waals surface area contributed by atoms with E-state index in [4.69, 9.17) is 27.3 Å². The number of nitrogen functional groups attached to an aromatic ring is 1. The van der Waals surface area contributed by atoms with Crippen molar-refractivity contribution in [2.24, 2.45) is 0 Å². The van der Waals surface area contributed by atoms with Crippen LogP contribution < -0.4 is 21.3 Å². The number of carbonyl (C=O) groups is 2. The Kier molecular flexibility index (Phi) is 6.64. The molecule has 3 aromatic rings. The quantitative estimate of drug-likeness (QED) is 0.177. The summed E-state index contributed by atoms with van der Waals surface area (Å²) in [5.41, 5.74) is 10.3. The Hall–Kier alpha value is -3.75. The van der Waals surface area contributed by atoms with Gasteiger partial charge in [-0.25, -0.2) is 5.48 Å². The lowest BCUT2D eigenvalue weighted by Crippen LogP contribution is -2.33. The molecule has 0 bridgehead atoms. The molecule has 0 unspecified atom stereocenters. The highest BCUT2D eigenvalue weighted by molar-refractivity contribution is 6.39. The van der Waals surface area contributed by atoms with Gasteiger partial charge in [0.25, 0.3) is 0 Å². The van der Waals surface area contributed by atoms with E-state index in [0.29, 0.717) is 17.7 Å². The van der Waals surface area contributed by atoms with Crippen LogP contribution >= 0.6 is 11.6 Å². The Morgan fingerprint density at radius 2 is 1.77 bits per heavy atom. The first-order chi connectivity index (χ1) is 14.8. The van der Waals surface area contributed by atoms with E-state index in [9.17, 15) is 14.7 Å². The molecule has 0 saturated carbocycles. The van der Waals surface area contributed by atoms with E-state index in [-0.39, 0.29) is 27.9 Å². The summed E-state index contributed by atoms with van der Waals surface area (Å²) >= 11 is 6.24. The molecule has 0 radical (unpaired) electrons. The van der Waals surface area contributed by atoms with Crippen molar-refractivity contribution in [1.82, 2.24) is 5.48 Å². The number of nitrogens with one attached hydrogen (secondary N) is 2. The molecule has 9 heteroatoms. The van der Waals surface area contributed by atoms with Crippen molar-refractivity contribution in [3.63, 3.8) is 0 Å². The van der Waals surface area contributed by atoms with Crippen LogP contribution in [0.5, 0.6) is 17.2 Å². The molecule has 0 aliphatic carbocycles. The summed E-state index contributed by atoms with van der Waals surface area (Å²) in [4.78, 5) is 22.7. The topological polar surface area (TPSA) is 134 Å². The number of phenols is 1. The van der Waals surface area contributed by atoms with Crippen LogP contribution in [0.25, 0.3) is 0 Å². The number of hydrogen-bond donors (Lipinski definition) is 5. The Morgan fingerprint density at radius 3 is 2.42 bits per heavy atom. The number of halogens is 1. The van der Waals surface area contributed by atoms with Crippen molar-refractivity contribution in [2.45, 2.75) is 13.3 Å². The summed E-state index contributed by atoms with van der Waals surface area (Å²) in [6.45, 7) is 2.00. The van der Waals surface area contributed by atoms with Gasteiger partial charge in [0.15, 0.2) is 5.75 Å². The van der Waals surface area contributed by atoms with Crippen molar-refractivity contribution in [3.05, 3.63) is 76.3 Å². The minimum atomic E-state index is -1.24. The largest absolute Gasteiger partial charge is 0.508 e. The molecule has 0 fully saturated rings. The van der Waals surface area contributed by atoms with Crippen LogP contribution in [-0.4, -0.2) is 22.1 Å². The molecule has 8 nitrogen and oxygen atoms in total. The SMILES string of the molecule is Cc1ccc(Cc2cc(Oc3c(N)cc(NC(=O)C(=O)NO)cc3Cl)ccc2O)cc1. The van der Waals surface area contributed by atoms with E-state index in [1.54, 1.807) is 12.1 Å². The number of aryl methyl sites for hydroxylation is 1. The maximum Gasteiger partial charge on any atom is 0.332 e. The van der Waals surface area contributed by atoms with Gasteiger partial charge in [-0.3, -0.25) is 14.8 Å². The molecule has 3 aromatic carbocycles. The van der Waals surface area contributed by atoms with Gasteiger partial charge in [0.05, 0.1) is 10.7 Å². The summed E-state index contributed by atoms with van der Waals surface area (Å²) in [5.74, 6) is -1.64. The summed E-state index contributed by atoms with van der Waals surface area (Å²) in [6, 6.07) is 15.5. The van der Waals surface area contributed by atoms with Gasteiger partial charge in [-0.2, -0.15) is 0 Å². The number of nitrogens with two attached hydrogens (primary N) is 1. The minimum Gasteiger partial charge on any atom is -0.508 e. The van der Waals surface area contributed by atoms with Crippen molar-refractivity contribution >= 4 is 34.8 Å². The van der Waals surface area contributed by atoms with Gasteiger partial charge < -0.3 is 20.9 Å². The molecule has 6 N–H and O–H groups in total. The molecule has 2 amide bonds. The lowest BCUT2D eigenvalue weighted by Gasteiger charge is -2.14. The van der Waals surface area contributed by atoms with Crippen LogP contribution in [0, 0.1) is 6.92 Å². The molecule has 31 heavy (non-hydrogen) atoms. The van der Waals surface area contributed by atoms with Gasteiger partial charge in [-0.15, -0.1) is 0 Å². The molecule has 0 aliphatic heterocycles. The number of phenolic OH excluding ortho intramolecular Hbond substituents is 1. The zero-order chi connectivity index (χ0) is 22.5. The third-order valence-corrected chi connectivity index (χ3v) is 4.70. The maximum absolute atomic E-state index is 11.6. The lowest BCUT2D eigenvalue weighted by atomic mass is 10.0. The number of anilines is 2. The molecule has 0 aromatic heterocycles. The fourth-order valence-corrected chi connectivity index (χ4v) is 3.11. The average molecular weight is 442 g/mol. The van der Waals surface area contributed by atoms with Gasteiger partial charge >= 0.3 is 11.8 Å². The number of amides is 2. The van der Waals surface area contributed by atoms with Crippen LogP contribution in [-0.2, 0) is 16.0 Å². The number of benzene rings is 3. The Morgan fingerprint density at radius 1 is 1.06 bits per heavy atom. The standard InChI is InChI=1S/C22H20ClN3O5/c1-12-2-4-13(5-3-12)8-14-9-16(6-7-19(14)27)31-20-17(23)10-15(11-18(20)24)25-21(28)22(29)26-30/h2-7,9-11,27,30H,8,24H2,1H3,(H,25,28)(H,26,29). The third kappa shape index (κ3) is 5.44. The smallest absolute Gasteiger partial charge is 0.332 e. The second-order valence-corrected chi connectivity index (χ2v) is 7.23. The minimum absolute atomic E-state index is 0.0906. The molecule has 3 rings (SSSR count). The lowest BCUT2D eigenvalue weighted by molar-refractivity contribution is -0.141. The molecule has 0 heterocycles. The van der Waals surface area contributed by atoms with Gasteiger partial charge in [0, 0.05) is 17.7 Å². The molecular formula is C22H20ClN3O5. The van der Waals surface area contributed by atoms with Gasteiger partial charge in [0.1, 0.15) is 11.5 Å². The highest BCUT2D eigenvalue weighted by atomic mass is 35.5. The summed E-state index contributed by atoms with van der Waals surface area (Å²) in [5, 5.41) is 21.1. The van der Waals surface area contributed by atoms with E-state index >= 15 is 0 Å². The molecule has 0 saturated heterocycles. The van der Waals surface area contributed by atoms with Crippen LogP contribution in [0.4, 0.5) is 11.4 Å². The van der Waals surface area contributed by atoms with Gasteiger partial charge in [-0.05, 0) is 42.8 Å². The highest BCUT2D eigenvalue weighted by Crippen LogP contribution is 2.38. The van der Waals surface area contributed by atoms with Crippen molar-refractivity contribution in [1.29, 1.82) is 0 Å². The zero-order valence-electron chi connectivity index (χ0n) is 16.5. The second kappa shape index (κ2) is 9.38. The van der Waals surface area contributed by atoms with Crippen LogP contribution in [0.1, 0.15) is 16.7 Å². The van der Waals surface area contributed by atoms with Crippen molar-refractivity contribution in [3.8, 4) is 17.2 Å². The van der Waals surface area contributed by atoms with E-state index in [1.807, 2.05) is 31.2 Å². The predicted molar refractivity (Wildman–Crippen MR) is 117 cm³/mol. The number of carbonyl (C=O) groups excluding carboxylic acids is 2. The van der Waals surface area contributed by atoms with Gasteiger partial charge in [0.2, 0.25) is 0 Å². The number of ether oxygens (including phenoxy) is 1. The summed E-state index contributed by atoms with van der Waals surface area (Å²) < 4.78 is 5.82. The van der Waals surface area contributed by atoms with E-state index in [0.717, 1.165) is 11.1 Å². The van der Waals surface area contributed by atoms with Crippen LogP contribution in [0.2, 0.25) is 5.02 Å². The monoisotopic (exact) mass is 441 g/mol. The van der Waals surface area contributed by atoms with Crippen LogP contribution in [0.15, 0.2) is 54.6 Å². The maximum atomic E-state index is 11.6. The Labute approximate surface area is 183 Å². The third-order valence-electron chi connectivity index (χ3n) is 4.42. The van der Waals surface area contributed by atoms with Gasteiger partial charge in [-0.1, -0.05) is 41.4 Å². The molecule has 160 valence electrons. The van der Waals surface area contributed by atoms with E-state index < -0.39 is 11.8 Å². The first-order valence-corrected chi connectivity index (χ1v) is 9.54. The number of rotatable bonds is 5. The molecular weight excluding hydrogens is 422 g/mol. The Bertz CT molecular complexity index is 1110. The average Bonchev–Trinajstić information content (AvgIpc) is 2.74. The molecule has 0 atom stereocenters. The fraction of sp³-hybridized carbons (Fsp3) is 0.0909. The van der Waals surface area contributed by atoms with Crippen molar-refractivity contribution in [2.75, 3.05) is 11.1 Å². The Balaban J connectivity index is 1.81. The van der Waals surface area contributed by atoms with E-state index in [2.05, 4.69) is 5.32 Å². The number of hydrogen-bond acceptors (Lipinski definition) is 6. The fourth-order valence-electron chi connectivity index (χ4n) is 2.84. The summed E-state index contributed by atoms with van der Waals surface area (Å²) in [7, 11) is 0. The number of aromatic hydroxyl groups is 1. The van der Waals surface area contributed by atoms with Crippen molar-refractivity contribution < 1.29 is 24.6 Å². The zero-order valence-corrected chi connectivity index (χ0v) is 17.2. The number of hydroxylamine groups is 1. The first kappa shape index (κ1) is 21.9. The highest BCUT2D eigenvalue weighted by Gasteiger charge is 2.16. The van der Waals surface area contributed by atoms with E-state index in [1.165, 1.54) is 23.7 Å². The summed E-state index contributed by atoms with van der Waals surface area (Å²) in [6.07, 6.45) is 0.504. The second-order valence-electron chi connectivity index (χ2n) is 6.83. The molecule has 0 spiro atoms. The normalized spacial score (nSPS) is 10.4.